The van der Waals surface area contributed by atoms with E-state index in [2.05, 4.69) is 5.32 Å². The van der Waals surface area contributed by atoms with Crippen LogP contribution in [-0.2, 0) is 14.2 Å². The lowest BCUT2D eigenvalue weighted by molar-refractivity contribution is 0.0288. The van der Waals surface area contributed by atoms with Crippen molar-refractivity contribution in [3.63, 3.8) is 0 Å². The number of nitrogens with zero attached hydrogens (tertiary/aromatic N) is 1. The second-order valence-corrected chi connectivity index (χ2v) is 6.45. The maximum absolute atomic E-state index is 11.9. The molecule has 2 fully saturated rings. The molecule has 7 nitrogen and oxygen atoms in total. The molecule has 0 radical (unpaired) electrons. The van der Waals surface area contributed by atoms with Crippen molar-refractivity contribution in [1.29, 1.82) is 0 Å². The van der Waals surface area contributed by atoms with E-state index in [1.807, 2.05) is 20.8 Å². The van der Waals surface area contributed by atoms with E-state index in [0.717, 1.165) is 6.42 Å². The second-order valence-electron chi connectivity index (χ2n) is 6.45. The van der Waals surface area contributed by atoms with Gasteiger partial charge in [0, 0.05) is 19.5 Å². The van der Waals surface area contributed by atoms with E-state index < -0.39 is 11.7 Å². The maximum atomic E-state index is 11.9. The van der Waals surface area contributed by atoms with Crippen LogP contribution >= 0.6 is 0 Å². The van der Waals surface area contributed by atoms with Gasteiger partial charge in [0.2, 0.25) is 0 Å². The Morgan fingerprint density at radius 2 is 2.05 bits per heavy atom. The first kappa shape index (κ1) is 15.9. The highest BCUT2D eigenvalue weighted by Crippen LogP contribution is 2.16. The number of carbonyl (C=O) groups excluding carboxylic acids is 2. The Hall–Kier alpha value is -1.50. The zero-order chi connectivity index (χ0) is 15.5. The van der Waals surface area contributed by atoms with Crippen LogP contribution in [0.4, 0.5) is 9.59 Å². The van der Waals surface area contributed by atoms with E-state index in [0.29, 0.717) is 32.7 Å². The zero-order valence-corrected chi connectivity index (χ0v) is 12.9. The zero-order valence-electron chi connectivity index (χ0n) is 12.9. The van der Waals surface area contributed by atoms with Crippen molar-refractivity contribution in [2.24, 2.45) is 0 Å². The highest BCUT2D eigenvalue weighted by Gasteiger charge is 2.31. The first-order valence-corrected chi connectivity index (χ1v) is 7.36. The van der Waals surface area contributed by atoms with Crippen LogP contribution in [0.5, 0.6) is 0 Å². The fourth-order valence-corrected chi connectivity index (χ4v) is 2.33. The SMILES string of the molecule is CC(C)(C)OC(=O)N1CC[C@@H](NC(=O)OC2CCOC2)C1. The third-order valence-electron chi connectivity index (χ3n) is 3.32. The number of alkyl carbamates (subject to hydrolysis) is 1. The molecule has 7 heteroatoms. The van der Waals surface area contributed by atoms with Gasteiger partial charge in [-0.1, -0.05) is 0 Å². The summed E-state index contributed by atoms with van der Waals surface area (Å²) in [5.74, 6) is 0. The molecule has 0 aromatic carbocycles. The van der Waals surface area contributed by atoms with Crippen molar-refractivity contribution in [2.45, 2.75) is 51.4 Å². The smallest absolute Gasteiger partial charge is 0.410 e. The van der Waals surface area contributed by atoms with Gasteiger partial charge in [0.1, 0.15) is 11.7 Å². The van der Waals surface area contributed by atoms with Crippen LogP contribution in [0, 0.1) is 0 Å². The lowest BCUT2D eigenvalue weighted by Crippen LogP contribution is -2.41. The molecule has 0 aromatic rings. The Balaban J connectivity index is 1.72. The van der Waals surface area contributed by atoms with Crippen molar-refractivity contribution in [1.82, 2.24) is 10.2 Å². The summed E-state index contributed by atoms with van der Waals surface area (Å²) in [7, 11) is 0. The van der Waals surface area contributed by atoms with Gasteiger partial charge in [-0.05, 0) is 27.2 Å². The summed E-state index contributed by atoms with van der Waals surface area (Å²) in [6.07, 6.45) is 0.497. The van der Waals surface area contributed by atoms with Crippen LogP contribution < -0.4 is 5.32 Å². The summed E-state index contributed by atoms with van der Waals surface area (Å²) in [5, 5.41) is 2.79. The van der Waals surface area contributed by atoms with Crippen LogP contribution in [0.2, 0.25) is 0 Å². The monoisotopic (exact) mass is 300 g/mol. The summed E-state index contributed by atoms with van der Waals surface area (Å²) in [6, 6.07) is -0.0904. The molecule has 2 heterocycles. The van der Waals surface area contributed by atoms with Crippen LogP contribution in [0.3, 0.4) is 0 Å². The molecule has 0 aliphatic carbocycles. The molecule has 2 amide bonds. The molecule has 1 N–H and O–H groups in total. The van der Waals surface area contributed by atoms with Crippen molar-refractivity contribution in [3.8, 4) is 0 Å². The number of carbonyl (C=O) groups is 2. The standard InChI is InChI=1S/C14H24N2O5/c1-14(2,3)21-13(18)16-6-4-10(8-16)15-12(17)20-11-5-7-19-9-11/h10-11H,4-9H2,1-3H3,(H,15,17)/t10-,11?/m1/s1. The van der Waals surface area contributed by atoms with E-state index in [9.17, 15) is 9.59 Å². The van der Waals surface area contributed by atoms with Gasteiger partial charge in [-0.2, -0.15) is 0 Å². The molecule has 21 heavy (non-hydrogen) atoms. The molecular weight excluding hydrogens is 276 g/mol. The molecule has 2 saturated heterocycles. The molecule has 0 saturated carbocycles. The van der Waals surface area contributed by atoms with Gasteiger partial charge in [-0.15, -0.1) is 0 Å². The van der Waals surface area contributed by atoms with Gasteiger partial charge in [0.05, 0.1) is 19.3 Å². The summed E-state index contributed by atoms with van der Waals surface area (Å²) >= 11 is 0. The predicted molar refractivity (Wildman–Crippen MR) is 75.1 cm³/mol. The van der Waals surface area contributed by atoms with E-state index >= 15 is 0 Å². The molecule has 0 bridgehead atoms. The minimum Gasteiger partial charge on any atom is -0.444 e. The summed E-state index contributed by atoms with van der Waals surface area (Å²) in [6.45, 7) is 7.61. The number of likely N-dealkylation sites (tertiary alicyclic amines) is 1. The molecule has 2 aliphatic rings. The van der Waals surface area contributed by atoms with E-state index in [4.69, 9.17) is 14.2 Å². The molecule has 0 spiro atoms. The van der Waals surface area contributed by atoms with Crippen LogP contribution in [0.1, 0.15) is 33.6 Å². The average Bonchev–Trinajstić information content (AvgIpc) is 2.98. The summed E-state index contributed by atoms with van der Waals surface area (Å²) in [5.41, 5.74) is -0.510. The Morgan fingerprint density at radius 3 is 2.67 bits per heavy atom. The van der Waals surface area contributed by atoms with Crippen molar-refractivity contribution < 1.29 is 23.8 Å². The topological polar surface area (TPSA) is 77.1 Å². The van der Waals surface area contributed by atoms with Crippen LogP contribution in [-0.4, -0.2) is 61.1 Å². The lowest BCUT2D eigenvalue weighted by Gasteiger charge is -2.24. The van der Waals surface area contributed by atoms with Gasteiger partial charge in [-0.3, -0.25) is 0 Å². The first-order valence-electron chi connectivity index (χ1n) is 7.36. The number of nitrogens with one attached hydrogen (secondary N) is 1. The van der Waals surface area contributed by atoms with Gasteiger partial charge in [0.15, 0.2) is 0 Å². The van der Waals surface area contributed by atoms with E-state index in [1.54, 1.807) is 4.90 Å². The van der Waals surface area contributed by atoms with E-state index in [-0.39, 0.29) is 18.2 Å². The third-order valence-corrected chi connectivity index (χ3v) is 3.32. The number of hydrogen-bond acceptors (Lipinski definition) is 5. The molecule has 2 rings (SSSR count). The summed E-state index contributed by atoms with van der Waals surface area (Å²) < 4.78 is 15.7. The molecule has 2 aliphatic heterocycles. The summed E-state index contributed by atoms with van der Waals surface area (Å²) in [4.78, 5) is 25.3. The number of amides is 2. The van der Waals surface area contributed by atoms with Crippen LogP contribution in [0.15, 0.2) is 0 Å². The van der Waals surface area contributed by atoms with Crippen molar-refractivity contribution >= 4 is 12.2 Å². The Bertz CT molecular complexity index is 387. The van der Waals surface area contributed by atoms with Gasteiger partial charge >= 0.3 is 12.2 Å². The molecule has 1 unspecified atom stereocenters. The molecule has 120 valence electrons. The third kappa shape index (κ3) is 5.08. The minimum atomic E-state index is -0.510. The molecule has 0 aromatic heterocycles. The number of ether oxygens (including phenoxy) is 3. The molecular formula is C14H24N2O5. The highest BCUT2D eigenvalue weighted by atomic mass is 16.6. The minimum absolute atomic E-state index is 0.0904. The van der Waals surface area contributed by atoms with Crippen LogP contribution in [0.25, 0.3) is 0 Å². The highest BCUT2D eigenvalue weighted by molar-refractivity contribution is 5.70. The predicted octanol–water partition coefficient (Wildman–Crippen LogP) is 1.51. The lowest BCUT2D eigenvalue weighted by atomic mass is 10.2. The number of rotatable bonds is 2. The fraction of sp³-hybridized carbons (Fsp3) is 0.857. The van der Waals surface area contributed by atoms with Crippen molar-refractivity contribution in [3.05, 3.63) is 0 Å². The van der Waals surface area contributed by atoms with Gasteiger partial charge < -0.3 is 24.4 Å². The van der Waals surface area contributed by atoms with E-state index in [1.165, 1.54) is 0 Å². The Morgan fingerprint density at radius 1 is 1.29 bits per heavy atom. The Labute approximate surface area is 124 Å². The number of hydrogen-bond donors (Lipinski definition) is 1. The maximum Gasteiger partial charge on any atom is 0.410 e. The first-order chi connectivity index (χ1) is 9.83. The van der Waals surface area contributed by atoms with Crippen molar-refractivity contribution in [2.75, 3.05) is 26.3 Å². The Kier molecular flexibility index (Phi) is 4.92. The molecule has 2 atom stereocenters. The average molecular weight is 300 g/mol. The largest absolute Gasteiger partial charge is 0.444 e. The normalized spacial score (nSPS) is 25.8. The fourth-order valence-electron chi connectivity index (χ4n) is 2.33. The quantitative estimate of drug-likeness (QED) is 0.836. The second kappa shape index (κ2) is 6.51. The van der Waals surface area contributed by atoms with Gasteiger partial charge in [-0.25, -0.2) is 9.59 Å². The van der Waals surface area contributed by atoms with Gasteiger partial charge in [0.25, 0.3) is 0 Å².